The van der Waals surface area contributed by atoms with Crippen molar-refractivity contribution in [3.8, 4) is 0 Å². The monoisotopic (exact) mass is 275 g/mol. The van der Waals surface area contributed by atoms with Crippen LogP contribution in [-0.4, -0.2) is 28.8 Å². The van der Waals surface area contributed by atoms with Crippen molar-refractivity contribution in [2.45, 2.75) is 31.7 Å². The Morgan fingerprint density at radius 2 is 2.00 bits per heavy atom. The van der Waals surface area contributed by atoms with Crippen LogP contribution in [0.15, 0.2) is 30.3 Å². The van der Waals surface area contributed by atoms with Gasteiger partial charge in [0.25, 0.3) is 0 Å². The van der Waals surface area contributed by atoms with Gasteiger partial charge in [0.1, 0.15) is 11.8 Å². The zero-order chi connectivity index (χ0) is 14.5. The van der Waals surface area contributed by atoms with E-state index in [1.165, 1.54) is 0 Å². The van der Waals surface area contributed by atoms with Crippen molar-refractivity contribution >= 4 is 17.7 Å². The highest BCUT2D eigenvalue weighted by molar-refractivity contribution is 5.92. The predicted molar refractivity (Wildman–Crippen MR) is 72.1 cm³/mol. The predicted octanol–water partition coefficient (Wildman–Crippen LogP) is 1.17. The lowest BCUT2D eigenvalue weighted by Crippen LogP contribution is -2.47. The average Bonchev–Trinajstić information content (AvgIpc) is 2.83. The van der Waals surface area contributed by atoms with Crippen molar-refractivity contribution < 1.29 is 19.5 Å². The van der Waals surface area contributed by atoms with Crippen LogP contribution in [-0.2, 0) is 20.8 Å². The van der Waals surface area contributed by atoms with E-state index in [0.29, 0.717) is 19.3 Å². The molecule has 1 aromatic carbocycles. The number of rotatable bonds is 5. The number of carboxylic acids is 1. The Morgan fingerprint density at radius 3 is 2.55 bits per heavy atom. The molecular weight excluding hydrogens is 258 g/mol. The molecular formula is C15H17NO4. The Balaban J connectivity index is 1.99. The van der Waals surface area contributed by atoms with Gasteiger partial charge in [0.05, 0.1) is 6.42 Å². The van der Waals surface area contributed by atoms with Crippen molar-refractivity contribution in [3.63, 3.8) is 0 Å². The molecule has 1 aromatic rings. The Kier molecular flexibility index (Phi) is 4.50. The standard InChI is InChI=1S/C15H17NO4/c17-12-8-4-7-11(12)14(15(19)20)16-13(18)9-10-5-2-1-3-6-10/h1-3,5-6,11,14H,4,7-9H2,(H,16,18)(H,19,20). The summed E-state index contributed by atoms with van der Waals surface area (Å²) in [6.07, 6.45) is 1.75. The number of carbonyl (C=O) groups is 3. The van der Waals surface area contributed by atoms with E-state index < -0.39 is 17.9 Å². The fourth-order valence-corrected chi connectivity index (χ4v) is 2.54. The zero-order valence-electron chi connectivity index (χ0n) is 11.0. The molecule has 1 fully saturated rings. The maximum Gasteiger partial charge on any atom is 0.326 e. The van der Waals surface area contributed by atoms with Gasteiger partial charge in [-0.2, -0.15) is 0 Å². The third kappa shape index (κ3) is 3.44. The molecule has 5 nitrogen and oxygen atoms in total. The number of hydrogen-bond acceptors (Lipinski definition) is 3. The van der Waals surface area contributed by atoms with Crippen LogP contribution in [0.4, 0.5) is 0 Å². The Labute approximate surface area is 117 Å². The molecule has 106 valence electrons. The molecule has 0 radical (unpaired) electrons. The Morgan fingerprint density at radius 1 is 1.30 bits per heavy atom. The maximum atomic E-state index is 11.9. The first-order valence-electron chi connectivity index (χ1n) is 6.66. The van der Waals surface area contributed by atoms with E-state index in [0.717, 1.165) is 5.56 Å². The number of carbonyl (C=O) groups excluding carboxylic acids is 2. The molecule has 0 bridgehead atoms. The normalized spacial score (nSPS) is 19.6. The molecule has 5 heteroatoms. The highest BCUT2D eigenvalue weighted by Gasteiger charge is 2.37. The van der Waals surface area contributed by atoms with Gasteiger partial charge >= 0.3 is 5.97 Å². The second kappa shape index (κ2) is 6.32. The molecule has 1 aliphatic rings. The molecule has 0 saturated heterocycles. The van der Waals surface area contributed by atoms with Crippen LogP contribution < -0.4 is 5.32 Å². The van der Waals surface area contributed by atoms with Gasteiger partial charge in [0, 0.05) is 12.3 Å². The molecule has 20 heavy (non-hydrogen) atoms. The summed E-state index contributed by atoms with van der Waals surface area (Å²) in [5.74, 6) is -2.18. The molecule has 1 amide bonds. The third-order valence-electron chi connectivity index (χ3n) is 3.54. The summed E-state index contributed by atoms with van der Waals surface area (Å²) in [7, 11) is 0. The molecule has 2 rings (SSSR count). The van der Waals surface area contributed by atoms with E-state index in [2.05, 4.69) is 5.32 Å². The molecule has 2 unspecified atom stereocenters. The van der Waals surface area contributed by atoms with Gasteiger partial charge in [0.15, 0.2) is 0 Å². The summed E-state index contributed by atoms with van der Waals surface area (Å²) in [6.45, 7) is 0. The number of amides is 1. The highest BCUT2D eigenvalue weighted by atomic mass is 16.4. The molecule has 2 N–H and O–H groups in total. The van der Waals surface area contributed by atoms with Gasteiger partial charge in [-0.25, -0.2) is 4.79 Å². The van der Waals surface area contributed by atoms with Crippen molar-refractivity contribution in [2.24, 2.45) is 5.92 Å². The van der Waals surface area contributed by atoms with E-state index in [1.807, 2.05) is 18.2 Å². The van der Waals surface area contributed by atoms with Crippen molar-refractivity contribution in [1.29, 1.82) is 0 Å². The van der Waals surface area contributed by atoms with Crippen molar-refractivity contribution in [1.82, 2.24) is 5.32 Å². The first-order valence-corrected chi connectivity index (χ1v) is 6.66. The van der Waals surface area contributed by atoms with Gasteiger partial charge in [0.2, 0.25) is 5.91 Å². The molecule has 0 aromatic heterocycles. The number of hydrogen-bond donors (Lipinski definition) is 2. The Bertz CT molecular complexity index is 512. The summed E-state index contributed by atoms with van der Waals surface area (Å²) in [5.41, 5.74) is 0.812. The second-order valence-electron chi connectivity index (χ2n) is 5.01. The van der Waals surface area contributed by atoms with Crippen LogP contribution in [0, 0.1) is 5.92 Å². The van der Waals surface area contributed by atoms with E-state index in [1.54, 1.807) is 12.1 Å². The number of Topliss-reactive ketones (excluding diaryl/α,β-unsaturated/α-hetero) is 1. The van der Waals surface area contributed by atoms with Crippen molar-refractivity contribution in [2.75, 3.05) is 0 Å². The summed E-state index contributed by atoms with van der Waals surface area (Å²) in [6, 6.07) is 7.97. The fraction of sp³-hybridized carbons (Fsp3) is 0.400. The van der Waals surface area contributed by atoms with Crippen LogP contribution >= 0.6 is 0 Å². The summed E-state index contributed by atoms with van der Waals surface area (Å²) in [4.78, 5) is 34.8. The van der Waals surface area contributed by atoms with Gasteiger partial charge in [-0.3, -0.25) is 9.59 Å². The highest BCUT2D eigenvalue weighted by Crippen LogP contribution is 2.24. The quantitative estimate of drug-likeness (QED) is 0.845. The summed E-state index contributed by atoms with van der Waals surface area (Å²) < 4.78 is 0. The minimum absolute atomic E-state index is 0.0718. The van der Waals surface area contributed by atoms with E-state index >= 15 is 0 Å². The summed E-state index contributed by atoms with van der Waals surface area (Å²) in [5, 5.41) is 11.7. The first kappa shape index (κ1) is 14.2. The number of benzene rings is 1. The van der Waals surface area contributed by atoms with Gasteiger partial charge in [-0.05, 0) is 18.4 Å². The number of nitrogens with one attached hydrogen (secondary N) is 1. The third-order valence-corrected chi connectivity index (χ3v) is 3.54. The first-order chi connectivity index (χ1) is 9.58. The molecule has 0 spiro atoms. The second-order valence-corrected chi connectivity index (χ2v) is 5.01. The van der Waals surface area contributed by atoms with E-state index in [9.17, 15) is 19.5 Å². The lowest BCUT2D eigenvalue weighted by molar-refractivity contribution is -0.145. The van der Waals surface area contributed by atoms with Crippen LogP contribution in [0.5, 0.6) is 0 Å². The smallest absolute Gasteiger partial charge is 0.326 e. The number of carboxylic acid groups (broad SMARTS) is 1. The Hall–Kier alpha value is -2.17. The van der Waals surface area contributed by atoms with Gasteiger partial charge in [-0.15, -0.1) is 0 Å². The minimum atomic E-state index is -1.15. The molecule has 0 heterocycles. The molecule has 1 aliphatic carbocycles. The summed E-state index contributed by atoms with van der Waals surface area (Å²) >= 11 is 0. The maximum absolute atomic E-state index is 11.9. The van der Waals surface area contributed by atoms with E-state index in [4.69, 9.17) is 0 Å². The topological polar surface area (TPSA) is 83.5 Å². The lowest BCUT2D eigenvalue weighted by atomic mass is 9.97. The lowest BCUT2D eigenvalue weighted by Gasteiger charge is -2.19. The van der Waals surface area contributed by atoms with Gasteiger partial charge < -0.3 is 10.4 Å². The van der Waals surface area contributed by atoms with Crippen molar-refractivity contribution in [3.05, 3.63) is 35.9 Å². The number of aliphatic carboxylic acids is 1. The largest absolute Gasteiger partial charge is 0.480 e. The van der Waals surface area contributed by atoms with Crippen LogP contribution in [0.3, 0.4) is 0 Å². The van der Waals surface area contributed by atoms with Crippen LogP contribution in [0.2, 0.25) is 0 Å². The van der Waals surface area contributed by atoms with Crippen LogP contribution in [0.1, 0.15) is 24.8 Å². The zero-order valence-corrected chi connectivity index (χ0v) is 11.0. The molecule has 1 saturated carbocycles. The molecule has 2 atom stereocenters. The molecule has 0 aliphatic heterocycles. The number of ketones is 1. The van der Waals surface area contributed by atoms with Crippen LogP contribution in [0.25, 0.3) is 0 Å². The minimum Gasteiger partial charge on any atom is -0.480 e. The fourth-order valence-electron chi connectivity index (χ4n) is 2.54. The average molecular weight is 275 g/mol. The van der Waals surface area contributed by atoms with Gasteiger partial charge in [-0.1, -0.05) is 30.3 Å². The van der Waals surface area contributed by atoms with E-state index in [-0.39, 0.29) is 18.1 Å². The SMILES string of the molecule is O=C(Cc1ccccc1)NC(C(=O)O)C1CCCC1=O.